The van der Waals surface area contributed by atoms with E-state index in [2.05, 4.69) is 30.7 Å². The second kappa shape index (κ2) is 8.21. The molecule has 0 spiro atoms. The molecule has 0 amide bonds. The molecular formula is C21H29N5. The molecule has 138 valence electrons. The molecule has 5 nitrogen and oxygen atoms in total. The van der Waals surface area contributed by atoms with Gasteiger partial charge in [-0.2, -0.15) is 5.10 Å². The number of aromatic nitrogens is 2. The van der Waals surface area contributed by atoms with Crippen LogP contribution in [0.3, 0.4) is 0 Å². The van der Waals surface area contributed by atoms with Gasteiger partial charge in [0.25, 0.3) is 0 Å². The van der Waals surface area contributed by atoms with Crippen molar-refractivity contribution in [3.8, 4) is 0 Å². The Bertz CT molecular complexity index is 822. The van der Waals surface area contributed by atoms with Crippen LogP contribution in [0.2, 0.25) is 0 Å². The fourth-order valence-corrected chi connectivity index (χ4v) is 3.53. The van der Waals surface area contributed by atoms with Crippen LogP contribution in [0.15, 0.2) is 47.9 Å². The van der Waals surface area contributed by atoms with Crippen molar-refractivity contribution >= 4 is 17.4 Å². The number of hydrogen-bond donors (Lipinski definition) is 2. The summed E-state index contributed by atoms with van der Waals surface area (Å²) in [4.78, 5) is 4.39. The van der Waals surface area contributed by atoms with Gasteiger partial charge in [-0.25, -0.2) is 9.51 Å². The molecule has 1 aliphatic carbocycles. The Balaban J connectivity index is 1.79. The minimum Gasteiger partial charge on any atom is -0.398 e. The average molecular weight is 351 g/mol. The van der Waals surface area contributed by atoms with Crippen molar-refractivity contribution in [3.63, 3.8) is 0 Å². The van der Waals surface area contributed by atoms with E-state index in [-0.39, 0.29) is 0 Å². The van der Waals surface area contributed by atoms with E-state index in [4.69, 9.17) is 10.8 Å². The normalized spacial score (nSPS) is 16.2. The maximum absolute atomic E-state index is 6.40. The van der Waals surface area contributed by atoms with Crippen molar-refractivity contribution in [1.82, 2.24) is 14.9 Å². The predicted molar refractivity (Wildman–Crippen MR) is 109 cm³/mol. The molecule has 1 saturated carbocycles. The van der Waals surface area contributed by atoms with Crippen LogP contribution in [0.1, 0.15) is 50.8 Å². The Kier molecular flexibility index (Phi) is 5.76. The number of nitrogens with zero attached hydrogens (tertiary/aromatic N) is 3. The largest absolute Gasteiger partial charge is 0.398 e. The Hall–Kier alpha value is -2.56. The van der Waals surface area contributed by atoms with E-state index in [1.807, 2.05) is 35.0 Å². The van der Waals surface area contributed by atoms with Crippen LogP contribution in [-0.4, -0.2) is 21.9 Å². The van der Waals surface area contributed by atoms with Crippen molar-refractivity contribution in [3.05, 3.63) is 54.1 Å². The molecule has 2 aromatic rings. The van der Waals surface area contributed by atoms with E-state index in [9.17, 15) is 0 Å². The Morgan fingerprint density at radius 2 is 2.19 bits per heavy atom. The van der Waals surface area contributed by atoms with Crippen LogP contribution >= 0.6 is 0 Å². The summed E-state index contributed by atoms with van der Waals surface area (Å²) in [6, 6.07) is 6.54. The van der Waals surface area contributed by atoms with Gasteiger partial charge in [-0.15, -0.1) is 0 Å². The first-order chi connectivity index (χ1) is 12.5. The quantitative estimate of drug-likeness (QED) is 0.743. The molecule has 0 unspecified atom stereocenters. The van der Waals surface area contributed by atoms with E-state index in [1.165, 1.54) is 25.7 Å². The van der Waals surface area contributed by atoms with Crippen LogP contribution in [0.25, 0.3) is 11.2 Å². The third kappa shape index (κ3) is 4.34. The van der Waals surface area contributed by atoms with Crippen molar-refractivity contribution in [1.29, 1.82) is 0 Å². The highest BCUT2D eigenvalue weighted by atomic mass is 15.2. The van der Waals surface area contributed by atoms with Crippen molar-refractivity contribution in [2.45, 2.75) is 52.0 Å². The molecule has 0 atom stereocenters. The minimum absolute atomic E-state index is 0.510. The number of rotatable bonds is 7. The monoisotopic (exact) mass is 351 g/mol. The molecule has 0 radical (unpaired) electrons. The van der Waals surface area contributed by atoms with Crippen molar-refractivity contribution < 1.29 is 0 Å². The van der Waals surface area contributed by atoms with Crippen molar-refractivity contribution in [2.24, 2.45) is 16.6 Å². The molecule has 2 aromatic heterocycles. The summed E-state index contributed by atoms with van der Waals surface area (Å²) in [7, 11) is 0. The maximum Gasteiger partial charge on any atom is 0.118 e. The van der Waals surface area contributed by atoms with Crippen LogP contribution in [-0.2, 0) is 6.42 Å². The lowest BCUT2D eigenvalue weighted by molar-refractivity contribution is 0.583. The molecule has 5 heteroatoms. The summed E-state index contributed by atoms with van der Waals surface area (Å²) in [6.45, 7) is 8.37. The topological polar surface area (TPSA) is 67.7 Å². The highest BCUT2D eigenvalue weighted by molar-refractivity contribution is 5.88. The first kappa shape index (κ1) is 18.2. The summed E-state index contributed by atoms with van der Waals surface area (Å²) >= 11 is 0. The molecular weight excluding hydrogens is 322 g/mol. The van der Waals surface area contributed by atoms with Crippen LogP contribution in [0.5, 0.6) is 0 Å². The second-order valence-electron chi connectivity index (χ2n) is 7.42. The molecule has 26 heavy (non-hydrogen) atoms. The first-order valence-corrected chi connectivity index (χ1v) is 9.46. The molecule has 0 aromatic carbocycles. The van der Waals surface area contributed by atoms with E-state index < -0.39 is 0 Å². The lowest BCUT2D eigenvalue weighted by Gasteiger charge is -2.11. The Morgan fingerprint density at radius 1 is 1.42 bits per heavy atom. The van der Waals surface area contributed by atoms with E-state index in [1.54, 1.807) is 6.21 Å². The van der Waals surface area contributed by atoms with E-state index in [0.717, 1.165) is 23.2 Å². The molecule has 1 aliphatic rings. The smallest absolute Gasteiger partial charge is 0.118 e. The fraction of sp³-hybridized carbons (Fsp3) is 0.429. The molecule has 2 heterocycles. The van der Waals surface area contributed by atoms with Gasteiger partial charge in [0.1, 0.15) is 5.82 Å². The molecule has 0 aliphatic heterocycles. The average Bonchev–Trinajstić information content (AvgIpc) is 3.21. The van der Waals surface area contributed by atoms with Gasteiger partial charge in [-0.3, -0.25) is 0 Å². The highest BCUT2D eigenvalue weighted by Crippen LogP contribution is 2.23. The van der Waals surface area contributed by atoms with Crippen LogP contribution in [0, 0.1) is 5.92 Å². The second-order valence-corrected chi connectivity index (χ2v) is 7.42. The van der Waals surface area contributed by atoms with E-state index in [0.29, 0.717) is 23.5 Å². The zero-order chi connectivity index (χ0) is 18.5. The fourth-order valence-electron chi connectivity index (χ4n) is 3.53. The van der Waals surface area contributed by atoms with Gasteiger partial charge >= 0.3 is 0 Å². The number of aliphatic imine (C=N–C) groups is 1. The lowest BCUT2D eigenvalue weighted by Crippen LogP contribution is -2.23. The van der Waals surface area contributed by atoms with Gasteiger partial charge in [0.15, 0.2) is 0 Å². The molecule has 3 N–H and O–H groups in total. The Morgan fingerprint density at radius 3 is 2.92 bits per heavy atom. The third-order valence-electron chi connectivity index (χ3n) is 4.71. The SMILES string of the molecule is C=C(N=C/C=C(\N)c1c(CC(C)C)nn2ccccc12)NC1CCCC1. The first-order valence-electron chi connectivity index (χ1n) is 9.46. The van der Waals surface area contributed by atoms with Gasteiger partial charge in [-0.1, -0.05) is 39.3 Å². The standard InChI is InChI=1S/C21H29N5/c1-15(2)14-19-21(20-10-6-7-13-26(20)25-19)18(22)11-12-23-16(3)24-17-8-4-5-9-17/h6-7,10-13,15,17,24H,3-5,8-9,14,22H2,1-2H3/b18-11-,23-12?. The zero-order valence-electron chi connectivity index (χ0n) is 15.8. The number of nitrogens with one attached hydrogen (secondary N) is 1. The molecule has 0 saturated heterocycles. The molecule has 3 rings (SSSR count). The summed E-state index contributed by atoms with van der Waals surface area (Å²) in [5.74, 6) is 1.21. The zero-order valence-corrected chi connectivity index (χ0v) is 15.8. The van der Waals surface area contributed by atoms with Gasteiger partial charge in [0.05, 0.1) is 11.2 Å². The van der Waals surface area contributed by atoms with Gasteiger partial charge < -0.3 is 11.1 Å². The minimum atomic E-state index is 0.510. The number of fused-ring (bicyclic) bond motifs is 1. The Labute approximate surface area is 155 Å². The number of allylic oxidation sites excluding steroid dienone is 1. The van der Waals surface area contributed by atoms with Gasteiger partial charge in [0.2, 0.25) is 0 Å². The molecule has 0 bridgehead atoms. The molecule has 1 fully saturated rings. The van der Waals surface area contributed by atoms with Crippen LogP contribution < -0.4 is 11.1 Å². The third-order valence-corrected chi connectivity index (χ3v) is 4.71. The number of nitrogens with two attached hydrogens (primary N) is 1. The summed E-state index contributed by atoms with van der Waals surface area (Å²) in [5, 5.41) is 8.08. The van der Waals surface area contributed by atoms with Gasteiger partial charge in [0, 0.05) is 29.7 Å². The predicted octanol–water partition coefficient (Wildman–Crippen LogP) is 3.91. The summed E-state index contributed by atoms with van der Waals surface area (Å²) in [5.41, 5.74) is 10.1. The van der Waals surface area contributed by atoms with Crippen molar-refractivity contribution in [2.75, 3.05) is 0 Å². The van der Waals surface area contributed by atoms with Gasteiger partial charge in [-0.05, 0) is 43.4 Å². The van der Waals surface area contributed by atoms with E-state index >= 15 is 0 Å². The summed E-state index contributed by atoms with van der Waals surface area (Å²) < 4.78 is 1.89. The lowest BCUT2D eigenvalue weighted by atomic mass is 10.0. The maximum atomic E-state index is 6.40. The van der Waals surface area contributed by atoms with Crippen LogP contribution in [0.4, 0.5) is 0 Å². The highest BCUT2D eigenvalue weighted by Gasteiger charge is 2.16. The number of hydrogen-bond acceptors (Lipinski definition) is 4. The number of pyridine rings is 1. The summed E-state index contributed by atoms with van der Waals surface area (Å²) in [6.07, 6.45) is 11.4.